The van der Waals surface area contributed by atoms with E-state index < -0.39 is 10.0 Å². The molecule has 0 atom stereocenters. The second kappa shape index (κ2) is 8.18. The lowest BCUT2D eigenvalue weighted by molar-refractivity contribution is 0.189. The number of hydrogen-bond donors (Lipinski definition) is 1. The smallest absolute Gasteiger partial charge is 0.262 e. The van der Waals surface area contributed by atoms with Crippen LogP contribution >= 0.6 is 0 Å². The first-order valence-electron chi connectivity index (χ1n) is 6.68. The molecular formula is C13H23N3O3S. The van der Waals surface area contributed by atoms with Crippen molar-refractivity contribution in [1.29, 1.82) is 0 Å². The highest BCUT2D eigenvalue weighted by molar-refractivity contribution is 7.89. The number of aromatic nitrogens is 1. The largest absolute Gasteiger partial charge is 0.385 e. The van der Waals surface area contributed by atoms with Gasteiger partial charge in [0.15, 0.2) is 5.03 Å². The van der Waals surface area contributed by atoms with Crippen molar-refractivity contribution in [2.24, 2.45) is 0 Å². The standard InChI is InChI=1S/C13H23N3O3S/c1-4-8-14-12-7-5-9-15-13(12)20(17,18)16(2)10-6-11-19-3/h5,7,9,14H,4,6,8,10-11H2,1-3H3. The summed E-state index contributed by atoms with van der Waals surface area (Å²) in [5.41, 5.74) is 0.549. The zero-order valence-corrected chi connectivity index (χ0v) is 13.1. The Balaban J connectivity index is 2.90. The van der Waals surface area contributed by atoms with E-state index in [1.165, 1.54) is 10.5 Å². The Bertz CT molecular complexity index is 505. The number of nitrogens with zero attached hydrogens (tertiary/aromatic N) is 2. The molecule has 1 N–H and O–H groups in total. The van der Waals surface area contributed by atoms with Crippen LogP contribution in [0.25, 0.3) is 0 Å². The van der Waals surface area contributed by atoms with Gasteiger partial charge in [-0.1, -0.05) is 6.92 Å². The van der Waals surface area contributed by atoms with E-state index in [1.807, 2.05) is 6.92 Å². The van der Waals surface area contributed by atoms with Gasteiger partial charge >= 0.3 is 0 Å². The van der Waals surface area contributed by atoms with Crippen molar-refractivity contribution in [2.75, 3.05) is 39.2 Å². The fourth-order valence-corrected chi connectivity index (χ4v) is 2.97. The van der Waals surface area contributed by atoms with Crippen LogP contribution < -0.4 is 5.32 Å². The number of pyridine rings is 1. The molecule has 1 rings (SSSR count). The first-order valence-corrected chi connectivity index (χ1v) is 8.12. The van der Waals surface area contributed by atoms with E-state index in [1.54, 1.807) is 26.3 Å². The Kier molecular flexibility index (Phi) is 6.90. The molecule has 0 radical (unpaired) electrons. The van der Waals surface area contributed by atoms with Crippen LogP contribution in [-0.2, 0) is 14.8 Å². The highest BCUT2D eigenvalue weighted by Gasteiger charge is 2.24. The molecule has 0 saturated carbocycles. The van der Waals surface area contributed by atoms with Crippen LogP contribution in [0, 0.1) is 0 Å². The Morgan fingerprint density at radius 3 is 2.85 bits per heavy atom. The summed E-state index contributed by atoms with van der Waals surface area (Å²) in [6.45, 7) is 3.67. The van der Waals surface area contributed by atoms with Crippen LogP contribution in [0.15, 0.2) is 23.4 Å². The van der Waals surface area contributed by atoms with Crippen molar-refractivity contribution in [3.8, 4) is 0 Å². The van der Waals surface area contributed by atoms with E-state index in [0.29, 0.717) is 31.8 Å². The summed E-state index contributed by atoms with van der Waals surface area (Å²) in [5.74, 6) is 0. The van der Waals surface area contributed by atoms with E-state index in [9.17, 15) is 8.42 Å². The van der Waals surface area contributed by atoms with Crippen molar-refractivity contribution in [1.82, 2.24) is 9.29 Å². The number of rotatable bonds is 9. The quantitative estimate of drug-likeness (QED) is 0.701. The van der Waals surface area contributed by atoms with Gasteiger partial charge < -0.3 is 10.1 Å². The number of nitrogens with one attached hydrogen (secondary N) is 1. The molecule has 0 saturated heterocycles. The number of hydrogen-bond acceptors (Lipinski definition) is 5. The third-order valence-electron chi connectivity index (χ3n) is 2.81. The first-order chi connectivity index (χ1) is 9.54. The lowest BCUT2D eigenvalue weighted by atomic mass is 10.4. The molecule has 0 bridgehead atoms. The van der Waals surface area contributed by atoms with Crippen LogP contribution in [0.4, 0.5) is 5.69 Å². The minimum atomic E-state index is -3.58. The fraction of sp³-hybridized carbons (Fsp3) is 0.615. The molecule has 0 aromatic carbocycles. The molecule has 1 aromatic rings. The van der Waals surface area contributed by atoms with Gasteiger partial charge in [0.25, 0.3) is 10.0 Å². The molecule has 0 aliphatic carbocycles. The van der Waals surface area contributed by atoms with Gasteiger partial charge in [0, 0.05) is 40.1 Å². The molecule has 6 nitrogen and oxygen atoms in total. The zero-order chi connectivity index (χ0) is 15.0. The van der Waals surface area contributed by atoms with Crippen LogP contribution in [0.2, 0.25) is 0 Å². The summed E-state index contributed by atoms with van der Waals surface area (Å²) in [5, 5.41) is 3.18. The molecule has 114 valence electrons. The SMILES string of the molecule is CCCNc1cccnc1S(=O)(=O)N(C)CCCOC. The van der Waals surface area contributed by atoms with Crippen molar-refractivity contribution in [3.63, 3.8) is 0 Å². The molecule has 0 fully saturated rings. The summed E-state index contributed by atoms with van der Waals surface area (Å²) < 4.78 is 31.2. The number of methoxy groups -OCH3 is 1. The predicted molar refractivity (Wildman–Crippen MR) is 79.3 cm³/mol. The van der Waals surface area contributed by atoms with Crippen molar-refractivity contribution in [3.05, 3.63) is 18.3 Å². The highest BCUT2D eigenvalue weighted by Crippen LogP contribution is 2.21. The molecule has 1 heterocycles. The Morgan fingerprint density at radius 2 is 2.20 bits per heavy atom. The topological polar surface area (TPSA) is 71.5 Å². The summed E-state index contributed by atoms with van der Waals surface area (Å²) >= 11 is 0. The van der Waals surface area contributed by atoms with Crippen molar-refractivity contribution < 1.29 is 13.2 Å². The van der Waals surface area contributed by atoms with E-state index in [2.05, 4.69) is 10.3 Å². The van der Waals surface area contributed by atoms with Crippen LogP contribution in [-0.4, -0.2) is 51.6 Å². The molecule has 0 spiro atoms. The fourth-order valence-electron chi connectivity index (χ4n) is 1.69. The third-order valence-corrected chi connectivity index (χ3v) is 4.63. The normalized spacial score (nSPS) is 11.8. The molecule has 0 unspecified atom stereocenters. The Hall–Kier alpha value is -1.18. The Labute approximate surface area is 121 Å². The molecule has 0 amide bonds. The summed E-state index contributed by atoms with van der Waals surface area (Å²) in [6.07, 6.45) is 3.06. The van der Waals surface area contributed by atoms with Crippen LogP contribution in [0.3, 0.4) is 0 Å². The number of sulfonamides is 1. The molecule has 1 aromatic heterocycles. The maximum absolute atomic E-state index is 12.5. The van der Waals surface area contributed by atoms with Gasteiger partial charge in [0.1, 0.15) is 0 Å². The van der Waals surface area contributed by atoms with Crippen LogP contribution in [0.5, 0.6) is 0 Å². The van der Waals surface area contributed by atoms with E-state index in [0.717, 1.165) is 6.42 Å². The van der Waals surface area contributed by atoms with Crippen molar-refractivity contribution >= 4 is 15.7 Å². The minimum absolute atomic E-state index is 0.0772. The lowest BCUT2D eigenvalue weighted by Crippen LogP contribution is -2.30. The van der Waals surface area contributed by atoms with Gasteiger partial charge in [-0.15, -0.1) is 0 Å². The van der Waals surface area contributed by atoms with Gasteiger partial charge in [-0.25, -0.2) is 13.4 Å². The van der Waals surface area contributed by atoms with Gasteiger partial charge in [0.05, 0.1) is 5.69 Å². The summed E-state index contributed by atoms with van der Waals surface area (Å²) in [7, 11) is -0.420. The lowest BCUT2D eigenvalue weighted by Gasteiger charge is -2.18. The second-order valence-electron chi connectivity index (χ2n) is 4.46. The predicted octanol–water partition coefficient (Wildman–Crippen LogP) is 1.56. The highest BCUT2D eigenvalue weighted by atomic mass is 32.2. The van der Waals surface area contributed by atoms with E-state index in [-0.39, 0.29) is 5.03 Å². The maximum atomic E-state index is 12.5. The number of ether oxygens (including phenoxy) is 1. The second-order valence-corrected chi connectivity index (χ2v) is 6.42. The Morgan fingerprint density at radius 1 is 1.45 bits per heavy atom. The molecule has 0 aliphatic heterocycles. The molecular weight excluding hydrogens is 278 g/mol. The summed E-state index contributed by atoms with van der Waals surface area (Å²) in [4.78, 5) is 4.03. The van der Waals surface area contributed by atoms with Crippen LogP contribution in [0.1, 0.15) is 19.8 Å². The summed E-state index contributed by atoms with van der Waals surface area (Å²) in [6, 6.07) is 3.46. The maximum Gasteiger partial charge on any atom is 0.262 e. The monoisotopic (exact) mass is 301 g/mol. The number of anilines is 1. The van der Waals surface area contributed by atoms with Gasteiger partial charge in [-0.05, 0) is 25.0 Å². The van der Waals surface area contributed by atoms with E-state index >= 15 is 0 Å². The molecule has 0 aliphatic rings. The van der Waals surface area contributed by atoms with Crippen molar-refractivity contribution in [2.45, 2.75) is 24.8 Å². The van der Waals surface area contributed by atoms with E-state index in [4.69, 9.17) is 4.74 Å². The van der Waals surface area contributed by atoms with Gasteiger partial charge in [-0.2, -0.15) is 4.31 Å². The minimum Gasteiger partial charge on any atom is -0.385 e. The average Bonchev–Trinajstić information content (AvgIpc) is 2.45. The zero-order valence-electron chi connectivity index (χ0n) is 12.3. The molecule has 7 heteroatoms. The van der Waals surface area contributed by atoms with Gasteiger partial charge in [-0.3, -0.25) is 0 Å². The third kappa shape index (κ3) is 4.43. The first kappa shape index (κ1) is 16.9. The average molecular weight is 301 g/mol. The van der Waals surface area contributed by atoms with Gasteiger partial charge in [0.2, 0.25) is 0 Å². The molecule has 20 heavy (non-hydrogen) atoms.